The fourth-order valence-electron chi connectivity index (χ4n) is 2.94. The summed E-state index contributed by atoms with van der Waals surface area (Å²) in [6, 6.07) is 0.373. The standard InChI is InChI=1S/C12H22N2O/c1-9(2)14-6-5-12(11(14)15)7-10(12)8-13(3)4/h9-10H,5-8H2,1-4H3. The lowest BCUT2D eigenvalue weighted by Crippen LogP contribution is -2.35. The summed E-state index contributed by atoms with van der Waals surface area (Å²) in [6.07, 6.45) is 2.20. The largest absolute Gasteiger partial charge is 0.340 e. The van der Waals surface area contributed by atoms with Gasteiger partial charge in [0.25, 0.3) is 0 Å². The summed E-state index contributed by atoms with van der Waals surface area (Å²) in [4.78, 5) is 16.5. The summed E-state index contributed by atoms with van der Waals surface area (Å²) in [5.41, 5.74) is 0.0501. The van der Waals surface area contributed by atoms with E-state index in [4.69, 9.17) is 0 Å². The van der Waals surface area contributed by atoms with Crippen molar-refractivity contribution < 1.29 is 4.79 Å². The highest BCUT2D eigenvalue weighted by molar-refractivity contribution is 5.88. The van der Waals surface area contributed by atoms with Crippen molar-refractivity contribution in [2.45, 2.75) is 32.7 Å². The maximum Gasteiger partial charge on any atom is 0.229 e. The summed E-state index contributed by atoms with van der Waals surface area (Å²) < 4.78 is 0. The third-order valence-electron chi connectivity index (χ3n) is 3.93. The Morgan fingerprint density at radius 3 is 2.67 bits per heavy atom. The van der Waals surface area contributed by atoms with Gasteiger partial charge in [0.1, 0.15) is 0 Å². The van der Waals surface area contributed by atoms with Crippen LogP contribution in [-0.2, 0) is 4.79 Å². The SMILES string of the molecule is CC(C)N1CCC2(CC2CN(C)C)C1=O. The van der Waals surface area contributed by atoms with Crippen molar-refractivity contribution in [3.05, 3.63) is 0 Å². The molecule has 2 fully saturated rings. The summed E-state index contributed by atoms with van der Waals surface area (Å²) in [7, 11) is 4.18. The van der Waals surface area contributed by atoms with E-state index < -0.39 is 0 Å². The predicted molar refractivity (Wildman–Crippen MR) is 60.6 cm³/mol. The smallest absolute Gasteiger partial charge is 0.229 e. The predicted octanol–water partition coefficient (Wildman–Crippen LogP) is 1.20. The van der Waals surface area contributed by atoms with Crippen molar-refractivity contribution >= 4 is 5.91 Å². The van der Waals surface area contributed by atoms with Crippen LogP contribution in [0.1, 0.15) is 26.7 Å². The molecule has 0 radical (unpaired) electrons. The molecule has 0 aromatic rings. The molecule has 3 heteroatoms. The molecule has 2 aliphatic rings. The van der Waals surface area contributed by atoms with Crippen molar-refractivity contribution in [3.63, 3.8) is 0 Å². The fraction of sp³-hybridized carbons (Fsp3) is 0.917. The molecule has 1 aliphatic carbocycles. The van der Waals surface area contributed by atoms with Crippen LogP contribution in [0, 0.1) is 11.3 Å². The third kappa shape index (κ3) is 1.67. The average molecular weight is 210 g/mol. The highest BCUT2D eigenvalue weighted by atomic mass is 16.2. The Morgan fingerprint density at radius 2 is 2.20 bits per heavy atom. The number of hydrogen-bond acceptors (Lipinski definition) is 2. The van der Waals surface area contributed by atoms with Crippen LogP contribution in [0.4, 0.5) is 0 Å². The quantitative estimate of drug-likeness (QED) is 0.698. The van der Waals surface area contributed by atoms with Gasteiger partial charge < -0.3 is 9.80 Å². The molecular formula is C12H22N2O. The molecular weight excluding hydrogens is 188 g/mol. The van der Waals surface area contributed by atoms with E-state index in [1.807, 2.05) is 0 Å². The van der Waals surface area contributed by atoms with Crippen LogP contribution < -0.4 is 0 Å². The lowest BCUT2D eigenvalue weighted by atomic mass is 10.0. The van der Waals surface area contributed by atoms with E-state index >= 15 is 0 Å². The first kappa shape index (κ1) is 10.9. The minimum atomic E-state index is 0.0501. The second-order valence-electron chi connectivity index (χ2n) is 5.66. The van der Waals surface area contributed by atoms with Gasteiger partial charge in [-0.05, 0) is 46.7 Å². The van der Waals surface area contributed by atoms with E-state index in [1.54, 1.807) is 0 Å². The number of hydrogen-bond donors (Lipinski definition) is 0. The van der Waals surface area contributed by atoms with Gasteiger partial charge in [0.05, 0.1) is 5.41 Å². The van der Waals surface area contributed by atoms with Crippen LogP contribution in [0.15, 0.2) is 0 Å². The zero-order chi connectivity index (χ0) is 11.2. The molecule has 0 N–H and O–H groups in total. The van der Waals surface area contributed by atoms with Gasteiger partial charge in [0.2, 0.25) is 5.91 Å². The normalized spacial score (nSPS) is 34.9. The molecule has 1 aliphatic heterocycles. The molecule has 1 saturated heterocycles. The first-order valence-corrected chi connectivity index (χ1v) is 5.93. The Balaban J connectivity index is 2.00. The first-order chi connectivity index (χ1) is 6.97. The number of amides is 1. The molecule has 0 aromatic carbocycles. The Labute approximate surface area is 92.4 Å². The van der Waals surface area contributed by atoms with Crippen LogP contribution in [-0.4, -0.2) is 48.9 Å². The van der Waals surface area contributed by atoms with E-state index in [1.165, 1.54) is 0 Å². The first-order valence-electron chi connectivity index (χ1n) is 5.93. The van der Waals surface area contributed by atoms with Crippen LogP contribution in [0.25, 0.3) is 0 Å². The highest BCUT2D eigenvalue weighted by Gasteiger charge is 2.63. The zero-order valence-corrected chi connectivity index (χ0v) is 10.3. The maximum atomic E-state index is 12.2. The Bertz CT molecular complexity index is 275. The number of likely N-dealkylation sites (tertiary alicyclic amines) is 1. The minimum absolute atomic E-state index is 0.0501. The summed E-state index contributed by atoms with van der Waals surface area (Å²) in [6.45, 7) is 6.26. The van der Waals surface area contributed by atoms with Gasteiger partial charge in [0.15, 0.2) is 0 Å². The third-order valence-corrected chi connectivity index (χ3v) is 3.93. The van der Waals surface area contributed by atoms with Gasteiger partial charge in [-0.2, -0.15) is 0 Å². The lowest BCUT2D eigenvalue weighted by molar-refractivity contribution is -0.133. The van der Waals surface area contributed by atoms with Crippen molar-refractivity contribution in [2.24, 2.45) is 11.3 Å². The molecule has 1 heterocycles. The van der Waals surface area contributed by atoms with Crippen molar-refractivity contribution in [3.8, 4) is 0 Å². The summed E-state index contributed by atoms with van der Waals surface area (Å²) >= 11 is 0. The second-order valence-corrected chi connectivity index (χ2v) is 5.66. The van der Waals surface area contributed by atoms with Crippen molar-refractivity contribution in [1.29, 1.82) is 0 Å². The highest BCUT2D eigenvalue weighted by Crippen LogP contribution is 2.59. The second kappa shape index (κ2) is 3.48. The lowest BCUT2D eigenvalue weighted by Gasteiger charge is -2.21. The van der Waals surface area contributed by atoms with Crippen LogP contribution in [0.5, 0.6) is 0 Å². The maximum absolute atomic E-state index is 12.2. The number of rotatable bonds is 3. The van der Waals surface area contributed by atoms with Crippen LogP contribution in [0.3, 0.4) is 0 Å². The zero-order valence-electron chi connectivity index (χ0n) is 10.3. The molecule has 1 saturated carbocycles. The Kier molecular flexibility index (Phi) is 2.53. The van der Waals surface area contributed by atoms with Crippen molar-refractivity contribution in [1.82, 2.24) is 9.80 Å². The summed E-state index contributed by atoms with van der Waals surface area (Å²) in [5, 5.41) is 0. The Morgan fingerprint density at radius 1 is 1.53 bits per heavy atom. The molecule has 1 amide bonds. The van der Waals surface area contributed by atoms with Crippen molar-refractivity contribution in [2.75, 3.05) is 27.2 Å². The molecule has 2 unspecified atom stereocenters. The van der Waals surface area contributed by atoms with E-state index in [0.29, 0.717) is 17.9 Å². The van der Waals surface area contributed by atoms with E-state index in [-0.39, 0.29) is 5.41 Å². The minimum Gasteiger partial charge on any atom is -0.340 e. The summed E-state index contributed by atoms with van der Waals surface area (Å²) in [5.74, 6) is 1.04. The molecule has 0 bridgehead atoms. The van der Waals surface area contributed by atoms with Gasteiger partial charge in [-0.25, -0.2) is 0 Å². The molecule has 2 atom stereocenters. The average Bonchev–Trinajstić information content (AvgIpc) is 2.67. The van der Waals surface area contributed by atoms with Gasteiger partial charge in [-0.1, -0.05) is 0 Å². The number of nitrogens with zero attached hydrogens (tertiary/aromatic N) is 2. The van der Waals surface area contributed by atoms with Gasteiger partial charge in [0, 0.05) is 19.1 Å². The van der Waals surface area contributed by atoms with Gasteiger partial charge in [-0.3, -0.25) is 4.79 Å². The molecule has 0 aromatic heterocycles. The molecule has 2 rings (SSSR count). The van der Waals surface area contributed by atoms with Crippen LogP contribution >= 0.6 is 0 Å². The van der Waals surface area contributed by atoms with E-state index in [0.717, 1.165) is 25.9 Å². The monoisotopic (exact) mass is 210 g/mol. The molecule has 86 valence electrons. The van der Waals surface area contributed by atoms with E-state index in [9.17, 15) is 4.79 Å². The number of carbonyl (C=O) groups is 1. The molecule has 3 nitrogen and oxygen atoms in total. The molecule has 15 heavy (non-hydrogen) atoms. The van der Waals surface area contributed by atoms with E-state index in [2.05, 4.69) is 37.7 Å². The van der Waals surface area contributed by atoms with Gasteiger partial charge in [-0.15, -0.1) is 0 Å². The van der Waals surface area contributed by atoms with Crippen LogP contribution in [0.2, 0.25) is 0 Å². The Hall–Kier alpha value is -0.570. The van der Waals surface area contributed by atoms with Gasteiger partial charge >= 0.3 is 0 Å². The number of carbonyl (C=O) groups excluding carboxylic acids is 1. The molecule has 1 spiro atoms. The topological polar surface area (TPSA) is 23.6 Å². The fourth-order valence-corrected chi connectivity index (χ4v) is 2.94.